The summed E-state index contributed by atoms with van der Waals surface area (Å²) in [5.41, 5.74) is 2.80. The molecule has 1 N–H and O–H groups in total. The Kier molecular flexibility index (Phi) is 5.39. The van der Waals surface area contributed by atoms with Crippen molar-refractivity contribution in [3.63, 3.8) is 0 Å². The van der Waals surface area contributed by atoms with Gasteiger partial charge in [-0.05, 0) is 44.3 Å². The third-order valence-corrected chi connectivity index (χ3v) is 4.36. The minimum atomic E-state index is 0.454. The number of benzene rings is 1. The van der Waals surface area contributed by atoms with Gasteiger partial charge < -0.3 is 10.2 Å². The van der Waals surface area contributed by atoms with E-state index in [4.69, 9.17) is 0 Å². The number of hydrogen-bond donors (Lipinski definition) is 1. The molecule has 1 saturated heterocycles. The van der Waals surface area contributed by atoms with E-state index in [9.17, 15) is 0 Å². The number of hydrogen-bond acceptors (Lipinski definition) is 3. The van der Waals surface area contributed by atoms with Crippen LogP contribution < -0.4 is 5.32 Å². The quantitative estimate of drug-likeness (QED) is 0.916. The van der Waals surface area contributed by atoms with E-state index in [0.29, 0.717) is 6.04 Å². The van der Waals surface area contributed by atoms with E-state index >= 15 is 0 Å². The molecule has 1 unspecified atom stereocenters. The molecule has 1 aromatic rings. The topological polar surface area (TPSA) is 18.5 Å². The summed E-state index contributed by atoms with van der Waals surface area (Å²) in [5.74, 6) is 0. The smallest absolute Gasteiger partial charge is 0.0472 e. The van der Waals surface area contributed by atoms with Crippen molar-refractivity contribution in [3.05, 3.63) is 33.8 Å². The van der Waals surface area contributed by atoms with Crippen LogP contribution in [0.4, 0.5) is 0 Å². The van der Waals surface area contributed by atoms with Crippen LogP contribution in [0.15, 0.2) is 22.7 Å². The molecule has 1 aliphatic heterocycles. The van der Waals surface area contributed by atoms with Crippen LogP contribution in [0.3, 0.4) is 0 Å². The Labute approximate surface area is 125 Å². The number of aryl methyl sites for hydroxylation is 1. The van der Waals surface area contributed by atoms with Crippen molar-refractivity contribution in [2.45, 2.75) is 13.0 Å². The van der Waals surface area contributed by atoms with E-state index in [2.05, 4.69) is 70.3 Å². The highest BCUT2D eigenvalue weighted by atomic mass is 79.9. The zero-order chi connectivity index (χ0) is 13.8. The first kappa shape index (κ1) is 15.0. The standard InChI is InChI=1S/C15H24BrN3/c1-12-4-5-13(16)10-14(12)15(18(2)3)11-19-8-6-17-7-9-19/h4-5,10,15,17H,6-9,11H2,1-3H3. The molecule has 2 rings (SSSR count). The second-order valence-corrected chi connectivity index (χ2v) is 6.45. The second kappa shape index (κ2) is 6.84. The molecule has 1 aromatic carbocycles. The van der Waals surface area contributed by atoms with Crippen LogP contribution in [-0.4, -0.2) is 56.6 Å². The van der Waals surface area contributed by atoms with Gasteiger partial charge in [0.15, 0.2) is 0 Å². The van der Waals surface area contributed by atoms with Crippen molar-refractivity contribution >= 4 is 15.9 Å². The van der Waals surface area contributed by atoms with E-state index in [0.717, 1.165) is 32.7 Å². The molecule has 0 bridgehead atoms. The first-order valence-corrected chi connectivity index (χ1v) is 7.73. The minimum Gasteiger partial charge on any atom is -0.314 e. The van der Waals surface area contributed by atoms with Crippen molar-refractivity contribution in [2.75, 3.05) is 46.8 Å². The van der Waals surface area contributed by atoms with Crippen molar-refractivity contribution in [1.82, 2.24) is 15.1 Å². The van der Waals surface area contributed by atoms with Gasteiger partial charge in [-0.25, -0.2) is 0 Å². The third-order valence-electron chi connectivity index (χ3n) is 3.86. The number of piperazine rings is 1. The number of likely N-dealkylation sites (N-methyl/N-ethyl adjacent to an activating group) is 1. The van der Waals surface area contributed by atoms with Gasteiger partial charge >= 0.3 is 0 Å². The van der Waals surface area contributed by atoms with E-state index in [1.54, 1.807) is 0 Å². The Morgan fingerprint density at radius 2 is 2.00 bits per heavy atom. The van der Waals surface area contributed by atoms with Gasteiger partial charge in [-0.15, -0.1) is 0 Å². The summed E-state index contributed by atoms with van der Waals surface area (Å²) in [4.78, 5) is 4.89. The van der Waals surface area contributed by atoms with Crippen LogP contribution in [-0.2, 0) is 0 Å². The summed E-state index contributed by atoms with van der Waals surface area (Å²) in [5, 5.41) is 3.41. The molecule has 19 heavy (non-hydrogen) atoms. The zero-order valence-electron chi connectivity index (χ0n) is 12.1. The summed E-state index contributed by atoms with van der Waals surface area (Å²) < 4.78 is 1.17. The molecule has 0 radical (unpaired) electrons. The molecule has 1 atom stereocenters. The van der Waals surface area contributed by atoms with Gasteiger partial charge in [0.25, 0.3) is 0 Å². The number of halogens is 1. The lowest BCUT2D eigenvalue weighted by atomic mass is 10.00. The highest BCUT2D eigenvalue weighted by molar-refractivity contribution is 9.10. The summed E-state index contributed by atoms with van der Waals surface area (Å²) in [7, 11) is 4.35. The molecule has 1 heterocycles. The van der Waals surface area contributed by atoms with E-state index in [1.165, 1.54) is 15.6 Å². The first-order valence-electron chi connectivity index (χ1n) is 6.93. The van der Waals surface area contributed by atoms with Crippen molar-refractivity contribution < 1.29 is 0 Å². The van der Waals surface area contributed by atoms with Crippen LogP contribution in [0, 0.1) is 6.92 Å². The summed E-state index contributed by atoms with van der Waals surface area (Å²) in [6, 6.07) is 7.04. The Morgan fingerprint density at radius 1 is 1.32 bits per heavy atom. The van der Waals surface area contributed by atoms with Crippen LogP contribution in [0.5, 0.6) is 0 Å². The molecule has 0 amide bonds. The maximum absolute atomic E-state index is 3.60. The van der Waals surface area contributed by atoms with Gasteiger partial charge in [0.2, 0.25) is 0 Å². The summed E-state index contributed by atoms with van der Waals surface area (Å²) >= 11 is 3.60. The summed E-state index contributed by atoms with van der Waals surface area (Å²) in [6.07, 6.45) is 0. The number of rotatable bonds is 4. The molecule has 4 heteroatoms. The normalized spacial score (nSPS) is 18.8. The molecule has 1 aliphatic rings. The van der Waals surface area contributed by atoms with Gasteiger partial charge in [-0.3, -0.25) is 4.90 Å². The fourth-order valence-electron chi connectivity index (χ4n) is 2.65. The zero-order valence-corrected chi connectivity index (χ0v) is 13.7. The third kappa shape index (κ3) is 4.02. The monoisotopic (exact) mass is 325 g/mol. The fraction of sp³-hybridized carbons (Fsp3) is 0.600. The molecular formula is C15H24BrN3. The molecule has 3 nitrogen and oxygen atoms in total. The van der Waals surface area contributed by atoms with Crippen molar-refractivity contribution in [3.8, 4) is 0 Å². The van der Waals surface area contributed by atoms with Gasteiger partial charge in [-0.1, -0.05) is 22.0 Å². The van der Waals surface area contributed by atoms with E-state index < -0.39 is 0 Å². The average Bonchev–Trinajstić information content (AvgIpc) is 2.40. The van der Waals surface area contributed by atoms with Crippen LogP contribution in [0.2, 0.25) is 0 Å². The first-order chi connectivity index (χ1) is 9.08. The molecule has 0 saturated carbocycles. The van der Waals surface area contributed by atoms with Crippen molar-refractivity contribution in [2.24, 2.45) is 0 Å². The Balaban J connectivity index is 2.16. The van der Waals surface area contributed by atoms with E-state index in [-0.39, 0.29) is 0 Å². The number of nitrogens with one attached hydrogen (secondary N) is 1. The minimum absolute atomic E-state index is 0.454. The van der Waals surface area contributed by atoms with Gasteiger partial charge in [-0.2, -0.15) is 0 Å². The van der Waals surface area contributed by atoms with Gasteiger partial charge in [0.05, 0.1) is 0 Å². The van der Waals surface area contributed by atoms with Gasteiger partial charge in [0, 0.05) is 43.2 Å². The van der Waals surface area contributed by atoms with Crippen LogP contribution in [0.1, 0.15) is 17.2 Å². The predicted octanol–water partition coefficient (Wildman–Crippen LogP) is 2.27. The lowest BCUT2D eigenvalue weighted by Gasteiger charge is -2.34. The SMILES string of the molecule is Cc1ccc(Br)cc1C(CN1CCNCC1)N(C)C. The summed E-state index contributed by atoms with van der Waals surface area (Å²) in [6.45, 7) is 7.83. The maximum Gasteiger partial charge on any atom is 0.0472 e. The molecule has 0 aliphatic carbocycles. The Bertz CT molecular complexity index is 414. The van der Waals surface area contributed by atoms with Crippen LogP contribution in [0.25, 0.3) is 0 Å². The molecular weight excluding hydrogens is 302 g/mol. The van der Waals surface area contributed by atoms with E-state index in [1.807, 2.05) is 0 Å². The Morgan fingerprint density at radius 3 is 2.63 bits per heavy atom. The van der Waals surface area contributed by atoms with Crippen molar-refractivity contribution in [1.29, 1.82) is 0 Å². The average molecular weight is 326 g/mol. The lowest BCUT2D eigenvalue weighted by Crippen LogP contribution is -2.46. The highest BCUT2D eigenvalue weighted by Gasteiger charge is 2.21. The largest absolute Gasteiger partial charge is 0.314 e. The molecule has 106 valence electrons. The predicted molar refractivity (Wildman–Crippen MR) is 84.6 cm³/mol. The Hall–Kier alpha value is -0.420. The molecule has 1 fully saturated rings. The van der Waals surface area contributed by atoms with Gasteiger partial charge in [0.1, 0.15) is 0 Å². The second-order valence-electron chi connectivity index (χ2n) is 5.53. The highest BCUT2D eigenvalue weighted by Crippen LogP contribution is 2.26. The number of nitrogens with zero attached hydrogens (tertiary/aromatic N) is 2. The fourth-order valence-corrected chi connectivity index (χ4v) is 3.03. The molecule has 0 aromatic heterocycles. The lowest BCUT2D eigenvalue weighted by molar-refractivity contribution is 0.168. The molecule has 0 spiro atoms. The van der Waals surface area contributed by atoms with Crippen LogP contribution >= 0.6 is 15.9 Å². The maximum atomic E-state index is 3.60.